The second-order valence-corrected chi connectivity index (χ2v) is 4.80. The smallest absolute Gasteiger partial charge is 0.0726 e. The summed E-state index contributed by atoms with van der Waals surface area (Å²) in [5.74, 6) is 0.707. The standard InChI is InChI=1S/C15H19ClN2/c1-3-18(10-6-9-16)15-11-12(2)17-14-8-5-4-7-13(14)15/h4-5,7-8,11H,3,6,9-10H2,1-2H3. The van der Waals surface area contributed by atoms with E-state index < -0.39 is 0 Å². The third kappa shape index (κ3) is 2.75. The maximum atomic E-state index is 5.80. The molecule has 0 amide bonds. The Hall–Kier alpha value is -1.28. The summed E-state index contributed by atoms with van der Waals surface area (Å²) in [4.78, 5) is 6.95. The van der Waals surface area contributed by atoms with Crippen molar-refractivity contribution in [2.45, 2.75) is 20.3 Å². The molecule has 0 radical (unpaired) electrons. The lowest BCUT2D eigenvalue weighted by Crippen LogP contribution is -2.24. The maximum Gasteiger partial charge on any atom is 0.0726 e. The number of fused-ring (bicyclic) bond motifs is 1. The minimum atomic E-state index is 0.707. The summed E-state index contributed by atoms with van der Waals surface area (Å²) in [5.41, 5.74) is 3.40. The van der Waals surface area contributed by atoms with Crippen molar-refractivity contribution in [1.82, 2.24) is 4.98 Å². The Morgan fingerprint density at radius 3 is 2.78 bits per heavy atom. The fraction of sp³-hybridized carbons (Fsp3) is 0.400. The zero-order valence-electron chi connectivity index (χ0n) is 11.0. The minimum absolute atomic E-state index is 0.707. The van der Waals surface area contributed by atoms with Crippen molar-refractivity contribution < 1.29 is 0 Å². The number of halogens is 1. The number of rotatable bonds is 5. The van der Waals surface area contributed by atoms with Gasteiger partial charge in [0.2, 0.25) is 0 Å². The van der Waals surface area contributed by atoms with Crippen LogP contribution in [-0.4, -0.2) is 24.0 Å². The summed E-state index contributed by atoms with van der Waals surface area (Å²) in [5, 5.41) is 1.22. The second kappa shape index (κ2) is 6.05. The fourth-order valence-corrected chi connectivity index (χ4v) is 2.37. The van der Waals surface area contributed by atoms with Gasteiger partial charge in [0.1, 0.15) is 0 Å². The van der Waals surface area contributed by atoms with E-state index in [9.17, 15) is 0 Å². The van der Waals surface area contributed by atoms with Gasteiger partial charge < -0.3 is 4.90 Å². The summed E-state index contributed by atoms with van der Waals surface area (Å²) in [6, 6.07) is 10.5. The number of hydrogen-bond donors (Lipinski definition) is 0. The molecule has 2 aromatic rings. The molecule has 0 fully saturated rings. The number of para-hydroxylation sites is 1. The Morgan fingerprint density at radius 2 is 2.06 bits per heavy atom. The molecule has 2 rings (SSSR count). The Bertz CT molecular complexity index is 525. The van der Waals surface area contributed by atoms with E-state index in [4.69, 9.17) is 11.6 Å². The van der Waals surface area contributed by atoms with Crippen LogP contribution < -0.4 is 4.90 Å². The quantitative estimate of drug-likeness (QED) is 0.758. The molecule has 0 spiro atoms. The molecular weight excluding hydrogens is 244 g/mol. The molecule has 0 aliphatic rings. The van der Waals surface area contributed by atoms with Crippen molar-refractivity contribution in [1.29, 1.82) is 0 Å². The van der Waals surface area contributed by atoms with Gasteiger partial charge in [-0.25, -0.2) is 0 Å². The van der Waals surface area contributed by atoms with Crippen LogP contribution in [0.25, 0.3) is 10.9 Å². The van der Waals surface area contributed by atoms with Gasteiger partial charge in [-0.3, -0.25) is 4.98 Å². The molecule has 0 saturated heterocycles. The van der Waals surface area contributed by atoms with Crippen LogP contribution in [0.15, 0.2) is 30.3 Å². The van der Waals surface area contributed by atoms with E-state index in [1.54, 1.807) is 0 Å². The SMILES string of the molecule is CCN(CCCCl)c1cc(C)nc2ccccc12. The van der Waals surface area contributed by atoms with Crippen molar-refractivity contribution in [2.24, 2.45) is 0 Å². The lowest BCUT2D eigenvalue weighted by Gasteiger charge is -2.24. The highest BCUT2D eigenvalue weighted by atomic mass is 35.5. The van der Waals surface area contributed by atoms with Gasteiger partial charge in [-0.1, -0.05) is 18.2 Å². The van der Waals surface area contributed by atoms with E-state index in [0.29, 0.717) is 5.88 Å². The van der Waals surface area contributed by atoms with E-state index in [1.165, 1.54) is 11.1 Å². The topological polar surface area (TPSA) is 16.1 Å². The van der Waals surface area contributed by atoms with E-state index in [0.717, 1.165) is 30.7 Å². The monoisotopic (exact) mass is 262 g/mol. The second-order valence-electron chi connectivity index (χ2n) is 4.42. The third-order valence-electron chi connectivity index (χ3n) is 3.11. The molecule has 0 bridgehead atoms. The van der Waals surface area contributed by atoms with E-state index in [-0.39, 0.29) is 0 Å². The van der Waals surface area contributed by atoms with Crippen LogP contribution in [0, 0.1) is 6.92 Å². The highest BCUT2D eigenvalue weighted by Crippen LogP contribution is 2.26. The van der Waals surface area contributed by atoms with Crippen molar-refractivity contribution in [3.63, 3.8) is 0 Å². The van der Waals surface area contributed by atoms with Gasteiger partial charge in [-0.05, 0) is 32.4 Å². The van der Waals surface area contributed by atoms with Gasteiger partial charge in [-0.2, -0.15) is 0 Å². The molecular formula is C15H19ClN2. The van der Waals surface area contributed by atoms with Crippen LogP contribution in [0.4, 0.5) is 5.69 Å². The summed E-state index contributed by atoms with van der Waals surface area (Å²) in [7, 11) is 0. The Kier molecular flexibility index (Phi) is 4.43. The zero-order chi connectivity index (χ0) is 13.0. The molecule has 0 aliphatic carbocycles. The first-order chi connectivity index (χ1) is 8.76. The Morgan fingerprint density at radius 1 is 1.28 bits per heavy atom. The number of aryl methyl sites for hydroxylation is 1. The maximum absolute atomic E-state index is 5.80. The third-order valence-corrected chi connectivity index (χ3v) is 3.37. The molecule has 3 heteroatoms. The van der Waals surface area contributed by atoms with Gasteiger partial charge in [0.25, 0.3) is 0 Å². The summed E-state index contributed by atoms with van der Waals surface area (Å²) in [6.07, 6.45) is 1.01. The fourth-order valence-electron chi connectivity index (χ4n) is 2.25. The average molecular weight is 263 g/mol. The molecule has 0 unspecified atom stereocenters. The highest BCUT2D eigenvalue weighted by Gasteiger charge is 2.09. The molecule has 0 saturated carbocycles. The largest absolute Gasteiger partial charge is 0.371 e. The first kappa shape index (κ1) is 13.2. The molecule has 18 heavy (non-hydrogen) atoms. The van der Waals surface area contributed by atoms with Gasteiger partial charge in [0.05, 0.1) is 5.52 Å². The van der Waals surface area contributed by atoms with Crippen molar-refractivity contribution in [2.75, 3.05) is 23.9 Å². The summed E-state index contributed by atoms with van der Waals surface area (Å²) < 4.78 is 0. The number of aromatic nitrogens is 1. The van der Waals surface area contributed by atoms with Crippen LogP contribution in [-0.2, 0) is 0 Å². The average Bonchev–Trinajstić information content (AvgIpc) is 2.39. The molecule has 1 aromatic carbocycles. The van der Waals surface area contributed by atoms with E-state index >= 15 is 0 Å². The number of hydrogen-bond acceptors (Lipinski definition) is 2. The van der Waals surface area contributed by atoms with Crippen LogP contribution in [0.5, 0.6) is 0 Å². The van der Waals surface area contributed by atoms with Gasteiger partial charge in [-0.15, -0.1) is 11.6 Å². The Labute approximate surface area is 114 Å². The molecule has 0 N–H and O–H groups in total. The zero-order valence-corrected chi connectivity index (χ0v) is 11.7. The predicted octanol–water partition coefficient (Wildman–Crippen LogP) is 4.00. The normalized spacial score (nSPS) is 10.8. The molecule has 0 atom stereocenters. The molecule has 1 aromatic heterocycles. The van der Waals surface area contributed by atoms with Crippen LogP contribution in [0.1, 0.15) is 19.0 Å². The number of nitrogens with zero attached hydrogens (tertiary/aromatic N) is 2. The van der Waals surface area contributed by atoms with Crippen molar-refractivity contribution in [3.8, 4) is 0 Å². The van der Waals surface area contributed by atoms with Crippen LogP contribution in [0.2, 0.25) is 0 Å². The molecule has 0 aliphatic heterocycles. The first-order valence-corrected chi connectivity index (χ1v) is 6.97. The number of benzene rings is 1. The number of anilines is 1. The lowest BCUT2D eigenvalue weighted by molar-refractivity contribution is 0.797. The van der Waals surface area contributed by atoms with Crippen molar-refractivity contribution in [3.05, 3.63) is 36.0 Å². The number of alkyl halides is 1. The Balaban J connectivity index is 2.47. The van der Waals surface area contributed by atoms with Gasteiger partial charge >= 0.3 is 0 Å². The van der Waals surface area contributed by atoms with Crippen LogP contribution >= 0.6 is 11.6 Å². The predicted molar refractivity (Wildman–Crippen MR) is 79.7 cm³/mol. The first-order valence-electron chi connectivity index (χ1n) is 6.43. The highest BCUT2D eigenvalue weighted by molar-refractivity contribution is 6.17. The summed E-state index contributed by atoms with van der Waals surface area (Å²) >= 11 is 5.80. The van der Waals surface area contributed by atoms with Crippen molar-refractivity contribution >= 4 is 28.2 Å². The van der Waals surface area contributed by atoms with Crippen LogP contribution in [0.3, 0.4) is 0 Å². The minimum Gasteiger partial charge on any atom is -0.371 e. The lowest BCUT2D eigenvalue weighted by atomic mass is 10.1. The van der Waals surface area contributed by atoms with E-state index in [1.807, 2.05) is 13.0 Å². The summed E-state index contributed by atoms with van der Waals surface area (Å²) in [6.45, 7) is 6.21. The molecule has 1 heterocycles. The molecule has 96 valence electrons. The number of pyridine rings is 1. The van der Waals surface area contributed by atoms with Gasteiger partial charge in [0, 0.05) is 35.7 Å². The van der Waals surface area contributed by atoms with Gasteiger partial charge in [0.15, 0.2) is 0 Å². The van der Waals surface area contributed by atoms with E-state index in [2.05, 4.69) is 41.1 Å². The molecule has 2 nitrogen and oxygen atoms in total.